The van der Waals surface area contributed by atoms with E-state index in [1.807, 2.05) is 24.3 Å². The highest BCUT2D eigenvalue weighted by Gasteiger charge is 2.32. The summed E-state index contributed by atoms with van der Waals surface area (Å²) >= 11 is 0. The SMILES string of the molecule is COC(=O)C1CCN(C(=O)CCN2C(=O)C(C)Oc3ccccc32)CC1. The molecule has 0 saturated carbocycles. The number of likely N-dealkylation sites (tertiary alicyclic amines) is 1. The molecule has 2 heterocycles. The topological polar surface area (TPSA) is 76.2 Å². The maximum absolute atomic E-state index is 12.5. The molecule has 140 valence electrons. The number of ether oxygens (including phenoxy) is 2. The predicted octanol–water partition coefficient (Wildman–Crippen LogP) is 1.60. The van der Waals surface area contributed by atoms with E-state index in [1.54, 1.807) is 16.7 Å². The lowest BCUT2D eigenvalue weighted by Crippen LogP contribution is -2.47. The van der Waals surface area contributed by atoms with Gasteiger partial charge < -0.3 is 19.3 Å². The summed E-state index contributed by atoms with van der Waals surface area (Å²) in [4.78, 5) is 39.9. The fraction of sp³-hybridized carbons (Fsp3) is 0.526. The molecule has 7 heteroatoms. The van der Waals surface area contributed by atoms with Gasteiger partial charge in [-0.15, -0.1) is 0 Å². The number of nitrogens with zero attached hydrogens (tertiary/aromatic N) is 2. The number of hydrogen-bond acceptors (Lipinski definition) is 5. The molecule has 0 bridgehead atoms. The molecule has 2 aliphatic heterocycles. The Bertz CT molecular complexity index is 697. The van der Waals surface area contributed by atoms with Crippen LogP contribution in [0.1, 0.15) is 26.2 Å². The van der Waals surface area contributed by atoms with E-state index in [2.05, 4.69) is 0 Å². The minimum atomic E-state index is -0.559. The Morgan fingerprint density at radius 3 is 2.62 bits per heavy atom. The Morgan fingerprint density at radius 1 is 1.23 bits per heavy atom. The molecule has 2 amide bonds. The van der Waals surface area contributed by atoms with Crippen LogP contribution in [0.5, 0.6) is 5.75 Å². The summed E-state index contributed by atoms with van der Waals surface area (Å²) < 4.78 is 10.4. The van der Waals surface area contributed by atoms with Crippen LogP contribution in [0.15, 0.2) is 24.3 Å². The van der Waals surface area contributed by atoms with Crippen LogP contribution in [0.25, 0.3) is 0 Å². The van der Waals surface area contributed by atoms with Crippen molar-refractivity contribution < 1.29 is 23.9 Å². The fourth-order valence-electron chi connectivity index (χ4n) is 3.49. The molecule has 1 unspecified atom stereocenters. The molecular weight excluding hydrogens is 336 g/mol. The lowest BCUT2D eigenvalue weighted by Gasteiger charge is -2.34. The summed E-state index contributed by atoms with van der Waals surface area (Å²) in [6.45, 7) is 3.12. The zero-order chi connectivity index (χ0) is 18.7. The van der Waals surface area contributed by atoms with E-state index in [1.165, 1.54) is 7.11 Å². The number of carbonyl (C=O) groups is 3. The Hall–Kier alpha value is -2.57. The Kier molecular flexibility index (Phi) is 5.44. The van der Waals surface area contributed by atoms with Crippen molar-refractivity contribution >= 4 is 23.5 Å². The lowest BCUT2D eigenvalue weighted by atomic mass is 9.97. The summed E-state index contributed by atoms with van der Waals surface area (Å²) in [6, 6.07) is 7.35. The molecule has 7 nitrogen and oxygen atoms in total. The number of fused-ring (bicyclic) bond motifs is 1. The average molecular weight is 360 g/mol. The fourth-order valence-corrected chi connectivity index (χ4v) is 3.49. The Labute approximate surface area is 152 Å². The number of esters is 1. The third kappa shape index (κ3) is 3.66. The second-order valence-corrected chi connectivity index (χ2v) is 6.65. The van der Waals surface area contributed by atoms with Crippen molar-refractivity contribution in [2.45, 2.75) is 32.3 Å². The number of methoxy groups -OCH3 is 1. The van der Waals surface area contributed by atoms with Crippen LogP contribution >= 0.6 is 0 Å². The van der Waals surface area contributed by atoms with Crippen LogP contribution in [0.3, 0.4) is 0 Å². The zero-order valence-electron chi connectivity index (χ0n) is 15.1. The Balaban J connectivity index is 1.58. The van der Waals surface area contributed by atoms with E-state index < -0.39 is 6.10 Å². The largest absolute Gasteiger partial charge is 0.479 e. The van der Waals surface area contributed by atoms with Gasteiger partial charge in [-0.1, -0.05) is 12.1 Å². The number of anilines is 1. The van der Waals surface area contributed by atoms with Crippen LogP contribution in [0.2, 0.25) is 0 Å². The highest BCUT2D eigenvalue weighted by molar-refractivity contribution is 6.00. The van der Waals surface area contributed by atoms with E-state index in [9.17, 15) is 14.4 Å². The van der Waals surface area contributed by atoms with Gasteiger partial charge in [-0.05, 0) is 31.9 Å². The van der Waals surface area contributed by atoms with Crippen molar-refractivity contribution in [1.29, 1.82) is 0 Å². The molecule has 2 aliphatic rings. The summed E-state index contributed by atoms with van der Waals surface area (Å²) in [5.41, 5.74) is 0.702. The van der Waals surface area contributed by atoms with Crippen molar-refractivity contribution in [1.82, 2.24) is 4.90 Å². The lowest BCUT2D eigenvalue weighted by molar-refractivity contribution is -0.148. The molecule has 0 aliphatic carbocycles. The normalized spacial score (nSPS) is 20.4. The van der Waals surface area contributed by atoms with Crippen molar-refractivity contribution in [2.75, 3.05) is 31.6 Å². The van der Waals surface area contributed by atoms with Crippen molar-refractivity contribution in [3.8, 4) is 5.75 Å². The molecule has 1 aromatic rings. The molecule has 1 fully saturated rings. The molecule has 0 aromatic heterocycles. The van der Waals surface area contributed by atoms with Gasteiger partial charge in [-0.25, -0.2) is 0 Å². The third-order valence-electron chi connectivity index (χ3n) is 5.01. The summed E-state index contributed by atoms with van der Waals surface area (Å²) in [5, 5.41) is 0. The van der Waals surface area contributed by atoms with Gasteiger partial charge in [0, 0.05) is 26.1 Å². The Morgan fingerprint density at radius 2 is 1.92 bits per heavy atom. The van der Waals surface area contributed by atoms with Crippen molar-refractivity contribution in [2.24, 2.45) is 5.92 Å². The number of rotatable bonds is 4. The molecule has 3 rings (SSSR count). The minimum absolute atomic E-state index is 0.00209. The van der Waals surface area contributed by atoms with Crippen LogP contribution < -0.4 is 9.64 Å². The van der Waals surface area contributed by atoms with Gasteiger partial charge >= 0.3 is 5.97 Å². The number of piperidine rings is 1. The smallest absolute Gasteiger partial charge is 0.308 e. The molecule has 0 N–H and O–H groups in total. The number of carbonyl (C=O) groups excluding carboxylic acids is 3. The van der Waals surface area contributed by atoms with Gasteiger partial charge in [0.05, 0.1) is 18.7 Å². The van der Waals surface area contributed by atoms with Gasteiger partial charge in [0.15, 0.2) is 6.10 Å². The average Bonchev–Trinajstić information content (AvgIpc) is 2.67. The summed E-state index contributed by atoms with van der Waals surface area (Å²) in [5.74, 6) is 0.184. The molecule has 0 radical (unpaired) electrons. The maximum Gasteiger partial charge on any atom is 0.308 e. The molecule has 1 aromatic carbocycles. The van der Waals surface area contributed by atoms with Crippen LogP contribution in [-0.2, 0) is 19.1 Å². The van der Waals surface area contributed by atoms with E-state index in [0.717, 1.165) is 0 Å². The molecular formula is C19H24N2O5. The predicted molar refractivity (Wildman–Crippen MR) is 94.8 cm³/mol. The van der Waals surface area contributed by atoms with E-state index in [-0.39, 0.29) is 30.1 Å². The first-order valence-corrected chi connectivity index (χ1v) is 8.94. The standard InChI is InChI=1S/C19H24N2O5/c1-13-18(23)21(15-5-3-4-6-16(15)26-13)12-9-17(22)20-10-7-14(8-11-20)19(24)25-2/h3-6,13-14H,7-12H2,1-2H3. The highest BCUT2D eigenvalue weighted by Crippen LogP contribution is 2.33. The first kappa shape index (κ1) is 18.2. The summed E-state index contributed by atoms with van der Waals surface area (Å²) in [6.07, 6.45) is 0.926. The molecule has 0 spiro atoms. The number of benzene rings is 1. The van der Waals surface area contributed by atoms with E-state index in [0.29, 0.717) is 43.9 Å². The molecule has 1 saturated heterocycles. The van der Waals surface area contributed by atoms with E-state index >= 15 is 0 Å². The van der Waals surface area contributed by atoms with Gasteiger partial charge in [0.25, 0.3) is 5.91 Å². The van der Waals surface area contributed by atoms with Gasteiger partial charge in [0.1, 0.15) is 5.75 Å². The second kappa shape index (κ2) is 7.76. The number of para-hydroxylation sites is 2. The van der Waals surface area contributed by atoms with Crippen molar-refractivity contribution in [3.63, 3.8) is 0 Å². The van der Waals surface area contributed by atoms with Crippen LogP contribution in [-0.4, -0.2) is 55.5 Å². The second-order valence-electron chi connectivity index (χ2n) is 6.65. The van der Waals surface area contributed by atoms with E-state index in [4.69, 9.17) is 9.47 Å². The maximum atomic E-state index is 12.5. The van der Waals surface area contributed by atoms with Gasteiger partial charge in [-0.2, -0.15) is 0 Å². The zero-order valence-corrected chi connectivity index (χ0v) is 15.1. The van der Waals surface area contributed by atoms with Crippen LogP contribution in [0.4, 0.5) is 5.69 Å². The quantitative estimate of drug-likeness (QED) is 0.763. The van der Waals surface area contributed by atoms with Crippen LogP contribution in [0, 0.1) is 5.92 Å². The highest BCUT2D eigenvalue weighted by atomic mass is 16.5. The number of hydrogen-bond donors (Lipinski definition) is 0. The minimum Gasteiger partial charge on any atom is -0.479 e. The van der Waals surface area contributed by atoms with Crippen molar-refractivity contribution in [3.05, 3.63) is 24.3 Å². The third-order valence-corrected chi connectivity index (χ3v) is 5.01. The summed E-state index contributed by atoms with van der Waals surface area (Å²) in [7, 11) is 1.39. The molecule has 26 heavy (non-hydrogen) atoms. The number of amides is 2. The monoisotopic (exact) mass is 360 g/mol. The first-order valence-electron chi connectivity index (χ1n) is 8.94. The van der Waals surface area contributed by atoms with Gasteiger partial charge in [0.2, 0.25) is 5.91 Å². The molecule has 1 atom stereocenters. The van der Waals surface area contributed by atoms with Gasteiger partial charge in [-0.3, -0.25) is 14.4 Å². The first-order chi connectivity index (χ1) is 12.5.